The molecule has 0 aliphatic rings. The van der Waals surface area contributed by atoms with Gasteiger partial charge in [0.1, 0.15) is 11.6 Å². The summed E-state index contributed by atoms with van der Waals surface area (Å²) in [4.78, 5) is 8.64. The molecule has 0 bridgehead atoms. The Balaban J connectivity index is 2.33. The van der Waals surface area contributed by atoms with Crippen LogP contribution in [0.5, 0.6) is 0 Å². The molecule has 1 rings (SSSR count). The van der Waals surface area contributed by atoms with Crippen LogP contribution in [0.4, 0.5) is 5.82 Å². The van der Waals surface area contributed by atoms with Gasteiger partial charge in [-0.2, -0.15) is 0 Å². The number of aryl methyl sites for hydroxylation is 2. The molecule has 0 saturated heterocycles. The molecule has 0 aliphatic heterocycles. The molecule has 0 aromatic carbocycles. The number of hydrogen-bond acceptors (Lipinski definition) is 5. The van der Waals surface area contributed by atoms with Gasteiger partial charge in [-0.3, -0.25) is 0 Å². The van der Waals surface area contributed by atoms with Gasteiger partial charge in [0.2, 0.25) is 0 Å². The Morgan fingerprint density at radius 2 is 2.12 bits per heavy atom. The van der Waals surface area contributed by atoms with Crippen molar-refractivity contribution in [1.82, 2.24) is 15.3 Å². The number of nitrogens with one attached hydrogen (secondary N) is 2. The second kappa shape index (κ2) is 7.19. The lowest BCUT2D eigenvalue weighted by atomic mass is 10.3. The molecule has 5 heteroatoms. The zero-order valence-electron chi connectivity index (χ0n) is 10.8. The van der Waals surface area contributed by atoms with E-state index in [1.807, 2.05) is 13.0 Å². The molecular formula is C12H22N4O. The van der Waals surface area contributed by atoms with Crippen LogP contribution in [0.2, 0.25) is 0 Å². The second-order valence-corrected chi connectivity index (χ2v) is 4.13. The normalized spacial score (nSPS) is 12.5. The van der Waals surface area contributed by atoms with Crippen molar-refractivity contribution >= 4 is 5.82 Å². The summed E-state index contributed by atoms with van der Waals surface area (Å²) in [7, 11) is 0. The monoisotopic (exact) mass is 238 g/mol. The van der Waals surface area contributed by atoms with Crippen molar-refractivity contribution < 1.29 is 5.11 Å². The Morgan fingerprint density at radius 1 is 1.35 bits per heavy atom. The largest absolute Gasteiger partial charge is 0.392 e. The zero-order valence-corrected chi connectivity index (χ0v) is 10.8. The average Bonchev–Trinajstić information content (AvgIpc) is 2.27. The molecule has 1 unspecified atom stereocenters. The number of anilines is 1. The molecule has 0 spiro atoms. The summed E-state index contributed by atoms with van der Waals surface area (Å²) in [5, 5.41) is 15.5. The number of aliphatic hydroxyl groups excluding tert-OH is 1. The number of aromatic nitrogens is 2. The van der Waals surface area contributed by atoms with Crippen LogP contribution in [-0.4, -0.2) is 40.8 Å². The van der Waals surface area contributed by atoms with E-state index in [2.05, 4.69) is 27.5 Å². The van der Waals surface area contributed by atoms with Crippen molar-refractivity contribution in [3.05, 3.63) is 17.6 Å². The van der Waals surface area contributed by atoms with E-state index in [4.69, 9.17) is 5.11 Å². The molecule has 1 aromatic rings. The summed E-state index contributed by atoms with van der Waals surface area (Å²) >= 11 is 0. The lowest BCUT2D eigenvalue weighted by Gasteiger charge is -2.09. The molecule has 0 saturated carbocycles. The molecule has 3 N–H and O–H groups in total. The molecule has 1 heterocycles. The van der Waals surface area contributed by atoms with Gasteiger partial charge in [-0.25, -0.2) is 9.97 Å². The molecule has 0 amide bonds. The highest BCUT2D eigenvalue weighted by Gasteiger charge is 2.00. The first kappa shape index (κ1) is 13.9. The fourth-order valence-electron chi connectivity index (χ4n) is 1.49. The molecule has 5 nitrogen and oxygen atoms in total. The van der Waals surface area contributed by atoms with Gasteiger partial charge in [0, 0.05) is 31.4 Å². The molecule has 0 fully saturated rings. The minimum absolute atomic E-state index is 0.303. The van der Waals surface area contributed by atoms with E-state index in [1.54, 1.807) is 6.92 Å². The van der Waals surface area contributed by atoms with Crippen molar-refractivity contribution in [1.29, 1.82) is 0 Å². The van der Waals surface area contributed by atoms with Crippen LogP contribution in [0, 0.1) is 6.92 Å². The van der Waals surface area contributed by atoms with Crippen molar-refractivity contribution in [2.45, 2.75) is 33.3 Å². The molecular weight excluding hydrogens is 216 g/mol. The predicted molar refractivity (Wildman–Crippen MR) is 69.2 cm³/mol. The van der Waals surface area contributed by atoms with E-state index in [9.17, 15) is 0 Å². The number of rotatable bonds is 7. The smallest absolute Gasteiger partial charge is 0.129 e. The van der Waals surface area contributed by atoms with Gasteiger partial charge >= 0.3 is 0 Å². The summed E-state index contributed by atoms with van der Waals surface area (Å²) in [5.74, 6) is 1.66. The SMILES string of the molecule is CCc1cc(NCCNCC(C)O)nc(C)n1. The molecule has 0 radical (unpaired) electrons. The van der Waals surface area contributed by atoms with Gasteiger partial charge in [0.05, 0.1) is 6.10 Å². The second-order valence-electron chi connectivity index (χ2n) is 4.13. The first-order chi connectivity index (χ1) is 8.11. The number of nitrogens with zero attached hydrogens (tertiary/aromatic N) is 2. The van der Waals surface area contributed by atoms with E-state index in [-0.39, 0.29) is 6.10 Å². The Hall–Kier alpha value is -1.20. The highest BCUT2D eigenvalue weighted by Crippen LogP contribution is 2.06. The predicted octanol–water partition coefficient (Wildman–Crippen LogP) is 0.730. The van der Waals surface area contributed by atoms with Gasteiger partial charge < -0.3 is 15.7 Å². The van der Waals surface area contributed by atoms with Crippen molar-refractivity contribution in [3.63, 3.8) is 0 Å². The van der Waals surface area contributed by atoms with Gasteiger partial charge in [0.25, 0.3) is 0 Å². The minimum atomic E-state index is -0.303. The molecule has 1 aromatic heterocycles. The van der Waals surface area contributed by atoms with Crippen LogP contribution in [0.25, 0.3) is 0 Å². The molecule has 0 aliphatic carbocycles. The molecule has 17 heavy (non-hydrogen) atoms. The fraction of sp³-hybridized carbons (Fsp3) is 0.667. The Kier molecular flexibility index (Phi) is 5.86. The van der Waals surface area contributed by atoms with Crippen LogP contribution < -0.4 is 10.6 Å². The highest BCUT2D eigenvalue weighted by atomic mass is 16.3. The molecule has 1 atom stereocenters. The third-order valence-corrected chi connectivity index (χ3v) is 2.30. The Labute approximate surface area is 103 Å². The van der Waals surface area contributed by atoms with E-state index in [0.29, 0.717) is 6.54 Å². The maximum absolute atomic E-state index is 9.07. The van der Waals surface area contributed by atoms with Crippen LogP contribution in [0.1, 0.15) is 25.4 Å². The van der Waals surface area contributed by atoms with Crippen molar-refractivity contribution in [3.8, 4) is 0 Å². The fourth-order valence-corrected chi connectivity index (χ4v) is 1.49. The minimum Gasteiger partial charge on any atom is -0.392 e. The van der Waals surface area contributed by atoms with Crippen LogP contribution in [0.15, 0.2) is 6.07 Å². The zero-order chi connectivity index (χ0) is 12.7. The van der Waals surface area contributed by atoms with E-state index < -0.39 is 0 Å². The third-order valence-electron chi connectivity index (χ3n) is 2.30. The van der Waals surface area contributed by atoms with E-state index in [0.717, 1.165) is 36.8 Å². The summed E-state index contributed by atoms with van der Waals surface area (Å²) in [6.07, 6.45) is 0.612. The summed E-state index contributed by atoms with van der Waals surface area (Å²) in [6.45, 7) is 7.94. The van der Waals surface area contributed by atoms with E-state index >= 15 is 0 Å². The Bertz CT molecular complexity index is 341. The highest BCUT2D eigenvalue weighted by molar-refractivity contribution is 5.35. The van der Waals surface area contributed by atoms with Crippen molar-refractivity contribution in [2.75, 3.05) is 25.0 Å². The van der Waals surface area contributed by atoms with Gasteiger partial charge in [-0.15, -0.1) is 0 Å². The number of hydrogen-bond donors (Lipinski definition) is 3. The maximum Gasteiger partial charge on any atom is 0.129 e. The van der Waals surface area contributed by atoms with Gasteiger partial charge in [-0.1, -0.05) is 6.92 Å². The van der Waals surface area contributed by atoms with Gasteiger partial charge in [-0.05, 0) is 20.3 Å². The Morgan fingerprint density at radius 3 is 2.76 bits per heavy atom. The van der Waals surface area contributed by atoms with Crippen LogP contribution in [0.3, 0.4) is 0 Å². The average molecular weight is 238 g/mol. The quantitative estimate of drug-likeness (QED) is 0.611. The van der Waals surface area contributed by atoms with Crippen LogP contribution in [-0.2, 0) is 6.42 Å². The summed E-state index contributed by atoms with van der Waals surface area (Å²) in [5.41, 5.74) is 1.05. The first-order valence-corrected chi connectivity index (χ1v) is 6.09. The summed E-state index contributed by atoms with van der Waals surface area (Å²) < 4.78 is 0. The van der Waals surface area contributed by atoms with Crippen molar-refractivity contribution in [2.24, 2.45) is 0 Å². The maximum atomic E-state index is 9.07. The van der Waals surface area contributed by atoms with Gasteiger partial charge in [0.15, 0.2) is 0 Å². The topological polar surface area (TPSA) is 70.1 Å². The molecule has 96 valence electrons. The first-order valence-electron chi connectivity index (χ1n) is 6.09. The standard InChI is InChI=1S/C12H22N4O/c1-4-11-7-12(16-10(3)15-11)14-6-5-13-8-9(2)17/h7,9,13,17H,4-6,8H2,1-3H3,(H,14,15,16). The van der Waals surface area contributed by atoms with E-state index in [1.165, 1.54) is 0 Å². The third kappa shape index (κ3) is 5.60. The lowest BCUT2D eigenvalue weighted by molar-refractivity contribution is 0.192. The lowest BCUT2D eigenvalue weighted by Crippen LogP contribution is -2.29. The number of aliphatic hydroxyl groups is 1. The van der Waals surface area contributed by atoms with Crippen LogP contribution >= 0.6 is 0 Å². The summed E-state index contributed by atoms with van der Waals surface area (Å²) in [6, 6.07) is 1.97.